The van der Waals surface area contributed by atoms with Crippen LogP contribution in [0.25, 0.3) is 0 Å². The maximum Gasteiger partial charge on any atom is 0.175 e. The van der Waals surface area contributed by atoms with Gasteiger partial charge in [-0.05, 0) is 54.3 Å². The predicted molar refractivity (Wildman–Crippen MR) is 106 cm³/mol. The molecular weight excluding hydrogens is 386 g/mol. The number of methoxy groups -OCH3 is 1. The zero-order valence-corrected chi connectivity index (χ0v) is 17.3. The fourth-order valence-corrected chi connectivity index (χ4v) is 4.39. The lowest BCUT2D eigenvalue weighted by atomic mass is 9.93. The molecule has 0 aliphatic carbocycles. The van der Waals surface area contributed by atoms with Crippen molar-refractivity contribution in [3.05, 3.63) is 58.1 Å². The second kappa shape index (κ2) is 7.43. The molecule has 0 saturated heterocycles. The van der Waals surface area contributed by atoms with Gasteiger partial charge in [0, 0.05) is 25.9 Å². The first-order chi connectivity index (χ1) is 12.6. The van der Waals surface area contributed by atoms with Crippen molar-refractivity contribution in [2.24, 2.45) is 0 Å². The van der Waals surface area contributed by atoms with E-state index in [1.54, 1.807) is 26.2 Å². The van der Waals surface area contributed by atoms with Gasteiger partial charge in [-0.1, -0.05) is 23.7 Å². The molecule has 0 bridgehead atoms. The lowest BCUT2D eigenvalue weighted by Gasteiger charge is -2.35. The van der Waals surface area contributed by atoms with Crippen LogP contribution < -0.4 is 4.74 Å². The van der Waals surface area contributed by atoms with Crippen LogP contribution in [0, 0.1) is 0 Å². The van der Waals surface area contributed by atoms with E-state index in [1.807, 2.05) is 12.1 Å². The first-order valence-corrected chi connectivity index (χ1v) is 11.0. The van der Waals surface area contributed by atoms with Gasteiger partial charge in [0.15, 0.2) is 9.84 Å². The fourth-order valence-electron chi connectivity index (χ4n) is 3.49. The zero-order valence-electron chi connectivity index (χ0n) is 15.7. The van der Waals surface area contributed by atoms with E-state index in [0.29, 0.717) is 29.4 Å². The largest absolute Gasteiger partial charge is 0.495 e. The molecule has 0 amide bonds. The Bertz CT molecular complexity index is 939. The topological polar surface area (TPSA) is 66.8 Å². The number of rotatable bonds is 5. The van der Waals surface area contributed by atoms with Gasteiger partial charge in [0.25, 0.3) is 0 Å². The van der Waals surface area contributed by atoms with Crippen LogP contribution >= 0.6 is 11.6 Å². The summed E-state index contributed by atoms with van der Waals surface area (Å²) in [5, 5.41) is 11.6. The van der Waals surface area contributed by atoms with Crippen molar-refractivity contribution < 1.29 is 18.3 Å². The summed E-state index contributed by atoms with van der Waals surface area (Å²) in [4.78, 5) is 2.42. The standard InChI is InChI=1S/C20H24ClNO4S/c1-20(23,16-4-6-17(7-5-16)27(3,24)25)13-22-9-8-14-11-19(26-2)18(21)10-15(14)12-22/h4-7,10-11,23H,8-9,12-13H2,1-3H3. The summed E-state index contributed by atoms with van der Waals surface area (Å²) in [6.45, 7) is 3.69. The molecule has 0 aromatic heterocycles. The number of β-amino-alcohol motifs (C(OH)–C–C–N with tert-alkyl or cyclic N) is 1. The van der Waals surface area contributed by atoms with Crippen LogP contribution in [0.15, 0.2) is 41.3 Å². The van der Waals surface area contributed by atoms with Crippen molar-refractivity contribution in [2.75, 3.05) is 26.5 Å². The highest BCUT2D eigenvalue weighted by molar-refractivity contribution is 7.90. The molecule has 2 aromatic carbocycles. The van der Waals surface area contributed by atoms with Crippen molar-refractivity contribution in [2.45, 2.75) is 30.4 Å². The van der Waals surface area contributed by atoms with E-state index in [2.05, 4.69) is 4.90 Å². The maximum atomic E-state index is 11.6. The average Bonchev–Trinajstić information content (AvgIpc) is 2.60. The molecule has 5 nitrogen and oxygen atoms in total. The Kier molecular flexibility index (Phi) is 5.54. The first-order valence-electron chi connectivity index (χ1n) is 8.71. The minimum absolute atomic E-state index is 0.248. The fraction of sp³-hybridized carbons (Fsp3) is 0.400. The van der Waals surface area contributed by atoms with Crippen molar-refractivity contribution in [3.8, 4) is 5.75 Å². The van der Waals surface area contributed by atoms with E-state index in [4.69, 9.17) is 16.3 Å². The average molecular weight is 410 g/mol. The Balaban J connectivity index is 1.76. The lowest BCUT2D eigenvalue weighted by Crippen LogP contribution is -2.41. The number of ether oxygens (including phenoxy) is 1. The second-order valence-corrected chi connectivity index (χ2v) is 9.71. The van der Waals surface area contributed by atoms with Gasteiger partial charge in [-0.2, -0.15) is 0 Å². The molecule has 1 unspecified atom stereocenters. The molecule has 3 rings (SSSR count). The molecule has 1 heterocycles. The summed E-state index contributed by atoms with van der Waals surface area (Å²) < 4.78 is 28.5. The Morgan fingerprint density at radius 2 is 1.89 bits per heavy atom. The van der Waals surface area contributed by atoms with E-state index in [0.717, 1.165) is 18.5 Å². The van der Waals surface area contributed by atoms with Crippen LogP contribution in [0.3, 0.4) is 0 Å². The second-order valence-electron chi connectivity index (χ2n) is 7.29. The van der Waals surface area contributed by atoms with Crippen LogP contribution in [0.4, 0.5) is 0 Å². The zero-order chi connectivity index (χ0) is 19.8. The summed E-state index contributed by atoms with van der Waals surface area (Å²) in [6.07, 6.45) is 2.03. The lowest BCUT2D eigenvalue weighted by molar-refractivity contribution is 0.0117. The number of hydrogen-bond donors (Lipinski definition) is 1. The van der Waals surface area contributed by atoms with E-state index in [9.17, 15) is 13.5 Å². The number of benzene rings is 2. The van der Waals surface area contributed by atoms with Crippen LogP contribution in [-0.4, -0.2) is 44.9 Å². The summed E-state index contributed by atoms with van der Waals surface area (Å²) in [5.41, 5.74) is 1.94. The first kappa shape index (κ1) is 20.1. The highest BCUT2D eigenvalue weighted by Gasteiger charge is 2.29. The van der Waals surface area contributed by atoms with Gasteiger partial charge >= 0.3 is 0 Å². The van der Waals surface area contributed by atoms with E-state index >= 15 is 0 Å². The summed E-state index contributed by atoms with van der Waals surface area (Å²) >= 11 is 6.25. The number of hydrogen-bond acceptors (Lipinski definition) is 5. The van der Waals surface area contributed by atoms with Crippen molar-refractivity contribution in [1.29, 1.82) is 0 Å². The van der Waals surface area contributed by atoms with Crippen LogP contribution in [0.1, 0.15) is 23.6 Å². The predicted octanol–water partition coefficient (Wildman–Crippen LogP) is 3.02. The Morgan fingerprint density at radius 1 is 1.22 bits per heavy atom. The van der Waals surface area contributed by atoms with E-state index < -0.39 is 15.4 Å². The summed E-state index contributed by atoms with van der Waals surface area (Å²) in [5.74, 6) is 0.682. The molecule has 146 valence electrons. The summed E-state index contributed by atoms with van der Waals surface area (Å²) in [6, 6.07) is 10.3. The number of halogens is 1. The molecule has 0 fully saturated rings. The molecule has 2 aromatic rings. The van der Waals surface area contributed by atoms with Gasteiger partial charge < -0.3 is 9.84 Å². The van der Waals surface area contributed by atoms with Crippen LogP contribution in [-0.2, 0) is 28.4 Å². The molecule has 1 aliphatic rings. The minimum Gasteiger partial charge on any atom is -0.495 e. The third kappa shape index (κ3) is 4.46. The molecule has 0 spiro atoms. The Morgan fingerprint density at radius 3 is 2.48 bits per heavy atom. The molecule has 0 saturated carbocycles. The van der Waals surface area contributed by atoms with Crippen molar-refractivity contribution >= 4 is 21.4 Å². The van der Waals surface area contributed by atoms with Gasteiger partial charge in [0.1, 0.15) is 5.75 Å². The highest BCUT2D eigenvalue weighted by Crippen LogP contribution is 2.32. The van der Waals surface area contributed by atoms with Crippen LogP contribution in [0.2, 0.25) is 5.02 Å². The Labute approximate surface area is 165 Å². The molecular formula is C20H24ClNO4S. The quantitative estimate of drug-likeness (QED) is 0.822. The van der Waals surface area contributed by atoms with Gasteiger partial charge in [0.05, 0.1) is 22.6 Å². The number of nitrogens with zero attached hydrogens (tertiary/aromatic N) is 1. The SMILES string of the molecule is COc1cc2c(cc1Cl)CN(CC(C)(O)c1ccc(S(C)(=O)=O)cc1)CC2. The number of aliphatic hydroxyl groups is 1. The molecule has 27 heavy (non-hydrogen) atoms. The highest BCUT2D eigenvalue weighted by atomic mass is 35.5. The summed E-state index contributed by atoms with van der Waals surface area (Å²) in [7, 11) is -1.64. The van der Waals surface area contributed by atoms with E-state index in [-0.39, 0.29) is 4.90 Å². The minimum atomic E-state index is -3.25. The normalized spacial score (nSPS) is 17.2. The smallest absolute Gasteiger partial charge is 0.175 e. The van der Waals surface area contributed by atoms with Crippen molar-refractivity contribution in [1.82, 2.24) is 4.90 Å². The number of fused-ring (bicyclic) bond motifs is 1. The van der Waals surface area contributed by atoms with Gasteiger partial charge in [-0.15, -0.1) is 0 Å². The van der Waals surface area contributed by atoms with Crippen molar-refractivity contribution in [3.63, 3.8) is 0 Å². The molecule has 1 atom stereocenters. The Hall–Kier alpha value is -1.60. The molecule has 1 aliphatic heterocycles. The van der Waals surface area contributed by atoms with Gasteiger partial charge in [-0.25, -0.2) is 8.42 Å². The third-order valence-electron chi connectivity index (χ3n) is 5.00. The van der Waals surface area contributed by atoms with Gasteiger partial charge in [-0.3, -0.25) is 4.90 Å². The number of sulfone groups is 1. The molecule has 1 N–H and O–H groups in total. The molecule has 0 radical (unpaired) electrons. The van der Waals surface area contributed by atoms with Gasteiger partial charge in [0.2, 0.25) is 0 Å². The van der Waals surface area contributed by atoms with E-state index in [1.165, 1.54) is 24.0 Å². The monoisotopic (exact) mass is 409 g/mol. The van der Waals surface area contributed by atoms with Crippen LogP contribution in [0.5, 0.6) is 5.75 Å². The molecule has 7 heteroatoms. The maximum absolute atomic E-state index is 11.6. The third-order valence-corrected chi connectivity index (χ3v) is 6.43.